The molecule has 0 atom stereocenters. The molecule has 1 aromatic rings. The Balaban J connectivity index is 1.68. The average Bonchev–Trinajstić information content (AvgIpc) is 3.02. The lowest BCUT2D eigenvalue weighted by atomic mass is 10.1. The maximum Gasteiger partial charge on any atom is 0.193 e. The summed E-state index contributed by atoms with van der Waals surface area (Å²) in [6.07, 6.45) is 10.1. The van der Waals surface area contributed by atoms with Crippen LogP contribution in [-0.2, 0) is 13.6 Å². The van der Waals surface area contributed by atoms with Gasteiger partial charge in [-0.05, 0) is 51.2 Å². The first-order valence-electron chi connectivity index (χ1n) is 10.7. The fraction of sp³-hybridized carbons (Fsp3) is 0.810. The predicted octanol–water partition coefficient (Wildman–Crippen LogP) is 3.21. The zero-order valence-electron chi connectivity index (χ0n) is 18.2. The van der Waals surface area contributed by atoms with Gasteiger partial charge in [0.25, 0.3) is 0 Å². The average molecular weight is 377 g/mol. The number of piperidine rings is 1. The highest BCUT2D eigenvalue weighted by Gasteiger charge is 2.15. The second-order valence-electron chi connectivity index (χ2n) is 8.16. The Kier molecular flexibility index (Phi) is 9.11. The Morgan fingerprint density at radius 1 is 1.22 bits per heavy atom. The number of aromatic nitrogens is 2. The van der Waals surface area contributed by atoms with Gasteiger partial charge in [0, 0.05) is 46.0 Å². The molecule has 6 nitrogen and oxygen atoms in total. The third-order valence-corrected chi connectivity index (χ3v) is 5.35. The molecule has 1 fully saturated rings. The number of aliphatic imine (C=N–C) groups is 1. The van der Waals surface area contributed by atoms with Crippen LogP contribution in [0, 0.1) is 0 Å². The van der Waals surface area contributed by atoms with Gasteiger partial charge >= 0.3 is 0 Å². The van der Waals surface area contributed by atoms with Gasteiger partial charge in [0.15, 0.2) is 5.96 Å². The van der Waals surface area contributed by atoms with E-state index in [-0.39, 0.29) is 0 Å². The van der Waals surface area contributed by atoms with Gasteiger partial charge in [0.2, 0.25) is 0 Å². The first kappa shape index (κ1) is 21.7. The van der Waals surface area contributed by atoms with Gasteiger partial charge < -0.3 is 15.1 Å². The minimum absolute atomic E-state index is 0.435. The fourth-order valence-corrected chi connectivity index (χ4v) is 3.90. The molecular formula is C21H40N6. The van der Waals surface area contributed by atoms with E-state index in [1.54, 1.807) is 0 Å². The Morgan fingerprint density at radius 3 is 2.63 bits per heavy atom. The quantitative estimate of drug-likeness (QED) is 0.408. The number of guanidine groups is 1. The number of nitrogens with one attached hydrogen (secondary N) is 1. The fourth-order valence-electron chi connectivity index (χ4n) is 3.90. The second-order valence-corrected chi connectivity index (χ2v) is 8.16. The first-order chi connectivity index (χ1) is 13.0. The summed E-state index contributed by atoms with van der Waals surface area (Å²) in [4.78, 5) is 9.27. The SMILES string of the molecule is CN=C(NCCCCCN1CCCCC1)N(C)Cc1cn(C)nc1C(C)C. The Bertz CT molecular complexity index is 571. The van der Waals surface area contributed by atoms with Crippen LogP contribution in [0.25, 0.3) is 0 Å². The number of hydrogen-bond acceptors (Lipinski definition) is 3. The predicted molar refractivity (Wildman–Crippen MR) is 114 cm³/mol. The zero-order chi connectivity index (χ0) is 19.6. The number of likely N-dealkylation sites (tertiary alicyclic amines) is 1. The van der Waals surface area contributed by atoms with Gasteiger partial charge in [0.05, 0.1) is 5.69 Å². The molecule has 6 heteroatoms. The summed E-state index contributed by atoms with van der Waals surface area (Å²) < 4.78 is 1.91. The van der Waals surface area contributed by atoms with E-state index in [0.29, 0.717) is 5.92 Å². The highest BCUT2D eigenvalue weighted by atomic mass is 15.3. The molecule has 1 aromatic heterocycles. The molecular weight excluding hydrogens is 336 g/mol. The van der Waals surface area contributed by atoms with E-state index in [0.717, 1.165) is 19.0 Å². The van der Waals surface area contributed by atoms with Gasteiger partial charge in [-0.15, -0.1) is 0 Å². The van der Waals surface area contributed by atoms with Crippen molar-refractivity contribution < 1.29 is 0 Å². The normalized spacial score (nSPS) is 16.1. The minimum atomic E-state index is 0.435. The molecule has 1 aliphatic heterocycles. The lowest BCUT2D eigenvalue weighted by Crippen LogP contribution is -2.39. The van der Waals surface area contributed by atoms with Crippen molar-refractivity contribution in [2.75, 3.05) is 40.3 Å². The number of unbranched alkanes of at least 4 members (excludes halogenated alkanes) is 2. The molecule has 0 radical (unpaired) electrons. The molecule has 0 bridgehead atoms. The van der Waals surface area contributed by atoms with Crippen LogP contribution in [0.1, 0.15) is 69.5 Å². The maximum absolute atomic E-state index is 4.61. The third kappa shape index (κ3) is 7.17. The van der Waals surface area contributed by atoms with Gasteiger partial charge in [-0.3, -0.25) is 9.67 Å². The van der Waals surface area contributed by atoms with Crippen LogP contribution in [0.3, 0.4) is 0 Å². The number of hydrogen-bond donors (Lipinski definition) is 1. The molecule has 0 spiro atoms. The Morgan fingerprint density at radius 2 is 1.96 bits per heavy atom. The van der Waals surface area contributed by atoms with Crippen molar-refractivity contribution in [3.63, 3.8) is 0 Å². The Labute approximate surface area is 166 Å². The van der Waals surface area contributed by atoms with Crippen molar-refractivity contribution in [1.29, 1.82) is 0 Å². The van der Waals surface area contributed by atoms with Gasteiger partial charge in [0.1, 0.15) is 0 Å². The van der Waals surface area contributed by atoms with Crippen molar-refractivity contribution in [3.8, 4) is 0 Å². The van der Waals surface area contributed by atoms with Crippen molar-refractivity contribution in [1.82, 2.24) is 24.9 Å². The van der Waals surface area contributed by atoms with E-state index >= 15 is 0 Å². The minimum Gasteiger partial charge on any atom is -0.356 e. The lowest BCUT2D eigenvalue weighted by molar-refractivity contribution is 0.224. The molecule has 1 N–H and O–H groups in total. The number of rotatable bonds is 9. The van der Waals surface area contributed by atoms with Gasteiger partial charge in [-0.2, -0.15) is 5.10 Å². The summed E-state index contributed by atoms with van der Waals surface area (Å²) >= 11 is 0. The van der Waals surface area contributed by atoms with Crippen LogP contribution in [0.2, 0.25) is 0 Å². The summed E-state index contributed by atoms with van der Waals surface area (Å²) in [6.45, 7) is 10.1. The number of aryl methyl sites for hydroxylation is 1. The highest BCUT2D eigenvalue weighted by molar-refractivity contribution is 5.79. The molecule has 0 amide bonds. The van der Waals surface area contributed by atoms with Crippen LogP contribution in [0.4, 0.5) is 0 Å². The van der Waals surface area contributed by atoms with E-state index in [1.165, 1.54) is 69.4 Å². The van der Waals surface area contributed by atoms with Crippen LogP contribution < -0.4 is 5.32 Å². The first-order valence-corrected chi connectivity index (χ1v) is 10.7. The molecule has 0 saturated carbocycles. The molecule has 2 heterocycles. The van der Waals surface area contributed by atoms with Crippen molar-refractivity contribution >= 4 is 5.96 Å². The molecule has 154 valence electrons. The smallest absolute Gasteiger partial charge is 0.193 e. The third-order valence-electron chi connectivity index (χ3n) is 5.35. The lowest BCUT2D eigenvalue weighted by Gasteiger charge is -2.26. The molecule has 2 rings (SSSR count). The summed E-state index contributed by atoms with van der Waals surface area (Å²) in [7, 11) is 5.96. The van der Waals surface area contributed by atoms with Gasteiger partial charge in [-0.25, -0.2) is 0 Å². The van der Waals surface area contributed by atoms with Crippen LogP contribution in [0.15, 0.2) is 11.2 Å². The van der Waals surface area contributed by atoms with Gasteiger partial charge in [-0.1, -0.05) is 26.7 Å². The standard InChI is InChI=1S/C21H40N6/c1-18(2)20-19(17-26(5)24-20)16-25(4)21(22-3)23-12-8-6-9-13-27-14-10-7-11-15-27/h17-18H,6-16H2,1-5H3,(H,22,23). The largest absolute Gasteiger partial charge is 0.356 e. The zero-order valence-corrected chi connectivity index (χ0v) is 18.2. The summed E-state index contributed by atoms with van der Waals surface area (Å²) in [5.74, 6) is 1.40. The van der Waals surface area contributed by atoms with E-state index in [4.69, 9.17) is 0 Å². The van der Waals surface area contributed by atoms with E-state index in [2.05, 4.69) is 52.3 Å². The van der Waals surface area contributed by atoms with E-state index in [1.807, 2.05) is 18.8 Å². The van der Waals surface area contributed by atoms with Crippen LogP contribution in [-0.4, -0.2) is 65.8 Å². The van der Waals surface area contributed by atoms with Crippen molar-refractivity contribution in [2.24, 2.45) is 12.0 Å². The van der Waals surface area contributed by atoms with Crippen LogP contribution in [0.5, 0.6) is 0 Å². The number of nitrogens with zero attached hydrogens (tertiary/aromatic N) is 5. The maximum atomic E-state index is 4.61. The molecule has 1 saturated heterocycles. The summed E-state index contributed by atoms with van der Waals surface area (Å²) in [6, 6.07) is 0. The topological polar surface area (TPSA) is 48.7 Å². The monoisotopic (exact) mass is 376 g/mol. The molecule has 0 aromatic carbocycles. The van der Waals surface area contributed by atoms with E-state index < -0.39 is 0 Å². The summed E-state index contributed by atoms with van der Waals surface area (Å²) in [5.41, 5.74) is 2.46. The summed E-state index contributed by atoms with van der Waals surface area (Å²) in [5, 5.41) is 8.13. The molecule has 27 heavy (non-hydrogen) atoms. The molecule has 0 unspecified atom stereocenters. The second kappa shape index (κ2) is 11.3. The molecule has 1 aliphatic rings. The highest BCUT2D eigenvalue weighted by Crippen LogP contribution is 2.18. The molecule has 0 aliphatic carbocycles. The van der Waals surface area contributed by atoms with E-state index in [9.17, 15) is 0 Å². The van der Waals surface area contributed by atoms with Crippen molar-refractivity contribution in [3.05, 3.63) is 17.5 Å². The Hall–Kier alpha value is -1.56. The van der Waals surface area contributed by atoms with Crippen LogP contribution >= 0.6 is 0 Å². The van der Waals surface area contributed by atoms with Crippen molar-refractivity contribution in [2.45, 2.75) is 64.8 Å².